The van der Waals surface area contributed by atoms with Gasteiger partial charge in [0, 0.05) is 15.8 Å². The number of carbonyl (C=O) groups is 1. The first-order chi connectivity index (χ1) is 16.5. The summed E-state index contributed by atoms with van der Waals surface area (Å²) in [5, 5.41) is 15.2. The fourth-order valence-corrected chi connectivity index (χ4v) is 6.00. The Balaban J connectivity index is 1.57. The molecule has 1 aliphatic carbocycles. The molecule has 2 aromatic carbocycles. The summed E-state index contributed by atoms with van der Waals surface area (Å²) in [5.41, 5.74) is 4.32. The third kappa shape index (κ3) is 4.42. The minimum absolute atomic E-state index is 0.259. The fraction of sp³-hybridized carbons (Fsp3) is 0.222. The molecule has 0 saturated carbocycles. The predicted molar refractivity (Wildman–Crippen MR) is 140 cm³/mol. The summed E-state index contributed by atoms with van der Waals surface area (Å²) >= 11 is 13.9. The maximum absolute atomic E-state index is 13.6. The Morgan fingerprint density at radius 2 is 1.79 bits per heavy atom. The molecule has 0 aliphatic heterocycles. The lowest BCUT2D eigenvalue weighted by atomic mass is 9.97. The maximum atomic E-state index is 13.6. The van der Waals surface area contributed by atoms with Crippen LogP contribution in [0.5, 0.6) is 0 Å². The molecule has 7 heteroatoms. The van der Waals surface area contributed by atoms with Gasteiger partial charge in [0.05, 0.1) is 32.4 Å². The number of halogens is 2. The second-order valence-electron chi connectivity index (χ2n) is 8.39. The number of thiophene rings is 1. The standard InChI is InChI=1S/C27H21Cl2N3OS/c28-21-12-11-16(13-22(21)29)24-14-19(17-7-5-6-9-23(17)31-24)26(33)32-27-20(15-30)18-8-3-1-2-4-10-25(18)34-27/h5-7,9,11-14H,1-4,8,10H2,(H,32,33). The normalized spacial score (nSPS) is 13.6. The fourth-order valence-electron chi connectivity index (χ4n) is 4.46. The van der Waals surface area contributed by atoms with Gasteiger partial charge in [0.2, 0.25) is 0 Å². The highest BCUT2D eigenvalue weighted by atomic mass is 35.5. The van der Waals surface area contributed by atoms with E-state index in [9.17, 15) is 10.1 Å². The molecular weight excluding hydrogens is 485 g/mol. The molecule has 0 fully saturated rings. The van der Waals surface area contributed by atoms with Gasteiger partial charge in [-0.15, -0.1) is 11.3 Å². The number of benzene rings is 2. The molecule has 2 heterocycles. The lowest BCUT2D eigenvalue weighted by molar-refractivity contribution is 0.102. The van der Waals surface area contributed by atoms with E-state index >= 15 is 0 Å². The highest BCUT2D eigenvalue weighted by Gasteiger charge is 2.22. The van der Waals surface area contributed by atoms with Gasteiger partial charge in [-0.05, 0) is 55.5 Å². The number of nitrogens with zero attached hydrogens (tertiary/aromatic N) is 2. The first-order valence-electron chi connectivity index (χ1n) is 11.3. The molecule has 0 saturated heterocycles. The summed E-state index contributed by atoms with van der Waals surface area (Å²) in [4.78, 5) is 19.5. The average Bonchev–Trinajstić information content (AvgIpc) is 3.14. The largest absolute Gasteiger partial charge is 0.312 e. The van der Waals surface area contributed by atoms with E-state index in [0.717, 1.165) is 42.2 Å². The van der Waals surface area contributed by atoms with Gasteiger partial charge >= 0.3 is 0 Å². The van der Waals surface area contributed by atoms with E-state index in [-0.39, 0.29) is 5.91 Å². The molecular formula is C27H21Cl2N3OS. The molecule has 2 aromatic heterocycles. The van der Waals surface area contributed by atoms with Crippen molar-refractivity contribution in [1.29, 1.82) is 5.26 Å². The molecule has 4 nitrogen and oxygen atoms in total. The van der Waals surface area contributed by atoms with Gasteiger partial charge in [-0.3, -0.25) is 4.79 Å². The Kier molecular flexibility index (Phi) is 6.56. The number of pyridine rings is 1. The van der Waals surface area contributed by atoms with Crippen LogP contribution in [-0.4, -0.2) is 10.9 Å². The Hall–Kier alpha value is -2.91. The van der Waals surface area contributed by atoms with Gasteiger partial charge in [0.25, 0.3) is 5.91 Å². The molecule has 170 valence electrons. The van der Waals surface area contributed by atoms with Crippen LogP contribution in [0, 0.1) is 11.3 Å². The number of fused-ring (bicyclic) bond motifs is 2. The molecule has 1 amide bonds. The summed E-state index contributed by atoms with van der Waals surface area (Å²) in [6, 6.07) is 17.0. The van der Waals surface area contributed by atoms with E-state index in [1.165, 1.54) is 29.1 Å². The molecule has 0 atom stereocenters. The second kappa shape index (κ2) is 9.76. The van der Waals surface area contributed by atoms with Crippen LogP contribution in [0.2, 0.25) is 10.0 Å². The van der Waals surface area contributed by atoms with E-state index in [1.54, 1.807) is 18.2 Å². The molecule has 1 N–H and O–H groups in total. The predicted octanol–water partition coefficient (Wildman–Crippen LogP) is 8.05. The number of hydrogen-bond acceptors (Lipinski definition) is 4. The summed E-state index contributed by atoms with van der Waals surface area (Å²) in [5.74, 6) is -0.259. The summed E-state index contributed by atoms with van der Waals surface area (Å²) in [6.45, 7) is 0. The van der Waals surface area contributed by atoms with Gasteiger partial charge in [-0.2, -0.15) is 5.26 Å². The molecule has 1 aliphatic rings. The van der Waals surface area contributed by atoms with E-state index in [1.807, 2.05) is 30.3 Å². The zero-order chi connectivity index (χ0) is 23.7. The zero-order valence-corrected chi connectivity index (χ0v) is 20.7. The zero-order valence-electron chi connectivity index (χ0n) is 18.3. The van der Waals surface area contributed by atoms with Crippen LogP contribution in [0.1, 0.15) is 52.0 Å². The quantitative estimate of drug-likeness (QED) is 0.306. The average molecular weight is 506 g/mol. The van der Waals surface area contributed by atoms with Crippen molar-refractivity contribution in [3.05, 3.63) is 80.1 Å². The molecule has 4 aromatic rings. The van der Waals surface area contributed by atoms with Gasteiger partial charge in [0.1, 0.15) is 11.1 Å². The van der Waals surface area contributed by atoms with E-state index in [4.69, 9.17) is 28.2 Å². The van der Waals surface area contributed by atoms with Gasteiger partial charge < -0.3 is 5.32 Å². The molecule has 0 spiro atoms. The topological polar surface area (TPSA) is 65.8 Å². The number of para-hydroxylation sites is 1. The number of aromatic nitrogens is 1. The van der Waals surface area contributed by atoms with Crippen LogP contribution in [0.15, 0.2) is 48.5 Å². The van der Waals surface area contributed by atoms with Crippen LogP contribution in [0.3, 0.4) is 0 Å². The third-order valence-corrected chi connectivity index (χ3v) is 8.13. The van der Waals surface area contributed by atoms with Gasteiger partial charge in [-0.25, -0.2) is 4.98 Å². The van der Waals surface area contributed by atoms with Crippen molar-refractivity contribution in [2.75, 3.05) is 5.32 Å². The number of carbonyl (C=O) groups excluding carboxylic acids is 1. The van der Waals surface area contributed by atoms with Crippen LogP contribution in [-0.2, 0) is 12.8 Å². The van der Waals surface area contributed by atoms with Crippen molar-refractivity contribution < 1.29 is 4.79 Å². The van der Waals surface area contributed by atoms with Crippen molar-refractivity contribution in [3.8, 4) is 17.3 Å². The van der Waals surface area contributed by atoms with Crippen molar-refractivity contribution >= 4 is 56.3 Å². The van der Waals surface area contributed by atoms with Gasteiger partial charge in [0.15, 0.2) is 0 Å². The number of nitriles is 1. The number of rotatable bonds is 3. The molecule has 34 heavy (non-hydrogen) atoms. The summed E-state index contributed by atoms with van der Waals surface area (Å²) < 4.78 is 0. The maximum Gasteiger partial charge on any atom is 0.257 e. The van der Waals surface area contributed by atoms with Crippen LogP contribution in [0.4, 0.5) is 5.00 Å². The Bertz CT molecular complexity index is 1450. The van der Waals surface area contributed by atoms with E-state index in [2.05, 4.69) is 11.4 Å². The van der Waals surface area contributed by atoms with Crippen molar-refractivity contribution in [3.63, 3.8) is 0 Å². The van der Waals surface area contributed by atoms with Crippen molar-refractivity contribution in [1.82, 2.24) is 4.98 Å². The Morgan fingerprint density at radius 1 is 1.00 bits per heavy atom. The van der Waals surface area contributed by atoms with Crippen LogP contribution in [0.25, 0.3) is 22.2 Å². The molecule has 0 bridgehead atoms. The highest BCUT2D eigenvalue weighted by Crippen LogP contribution is 2.37. The number of nitrogens with one attached hydrogen (secondary N) is 1. The smallest absolute Gasteiger partial charge is 0.257 e. The number of hydrogen-bond donors (Lipinski definition) is 1. The number of aryl methyl sites for hydroxylation is 1. The minimum Gasteiger partial charge on any atom is -0.312 e. The third-order valence-electron chi connectivity index (χ3n) is 6.19. The van der Waals surface area contributed by atoms with Crippen molar-refractivity contribution in [2.24, 2.45) is 0 Å². The number of amides is 1. The van der Waals surface area contributed by atoms with Crippen LogP contribution < -0.4 is 5.32 Å². The highest BCUT2D eigenvalue weighted by molar-refractivity contribution is 7.16. The molecule has 0 radical (unpaired) electrons. The summed E-state index contributed by atoms with van der Waals surface area (Å²) in [6.07, 6.45) is 6.44. The van der Waals surface area contributed by atoms with E-state index in [0.29, 0.717) is 37.4 Å². The lowest BCUT2D eigenvalue weighted by Crippen LogP contribution is -2.13. The summed E-state index contributed by atoms with van der Waals surface area (Å²) in [7, 11) is 0. The van der Waals surface area contributed by atoms with Crippen molar-refractivity contribution in [2.45, 2.75) is 38.5 Å². The number of anilines is 1. The lowest BCUT2D eigenvalue weighted by Gasteiger charge is -2.11. The first-order valence-corrected chi connectivity index (χ1v) is 12.8. The molecule has 0 unspecified atom stereocenters. The van der Waals surface area contributed by atoms with Gasteiger partial charge in [-0.1, -0.05) is 60.3 Å². The first kappa shape index (κ1) is 22.9. The SMILES string of the molecule is N#Cc1c(NC(=O)c2cc(-c3ccc(Cl)c(Cl)c3)nc3ccccc23)sc2c1CCCCCC2. The molecule has 5 rings (SSSR count). The second-order valence-corrected chi connectivity index (χ2v) is 10.3. The van der Waals surface area contributed by atoms with E-state index < -0.39 is 0 Å². The Morgan fingerprint density at radius 3 is 2.59 bits per heavy atom. The van der Waals surface area contributed by atoms with Crippen LogP contribution >= 0.6 is 34.5 Å². The monoisotopic (exact) mass is 505 g/mol. The minimum atomic E-state index is -0.259. The Labute approximate surface area is 212 Å².